The highest BCUT2D eigenvalue weighted by atomic mass is 15.3. The summed E-state index contributed by atoms with van der Waals surface area (Å²) < 4.78 is 0. The van der Waals surface area contributed by atoms with E-state index in [1.807, 2.05) is 0 Å². The van der Waals surface area contributed by atoms with E-state index in [2.05, 4.69) is 234 Å². The number of nitrogens with zero attached hydrogens (tertiary/aromatic N) is 3. The Morgan fingerprint density at radius 3 is 1.81 bits per heavy atom. The Hall–Kier alpha value is -5.22. The first kappa shape index (κ1) is 51.2. The first-order valence-corrected chi connectivity index (χ1v) is 30.5. The molecule has 3 aliphatic heterocycles. The van der Waals surface area contributed by atoms with Crippen LogP contribution in [0.25, 0.3) is 0 Å². The van der Waals surface area contributed by atoms with Crippen LogP contribution in [0.4, 0.5) is 39.8 Å². The van der Waals surface area contributed by atoms with Crippen LogP contribution in [0.2, 0.25) is 0 Å². The van der Waals surface area contributed by atoms with Crippen LogP contribution in [0.3, 0.4) is 0 Å². The van der Waals surface area contributed by atoms with Crippen molar-refractivity contribution in [1.82, 2.24) is 0 Å². The third kappa shape index (κ3) is 7.54. The lowest BCUT2D eigenvalue weighted by atomic mass is 9.33. The summed E-state index contributed by atoms with van der Waals surface area (Å²) in [6, 6.07) is 48.0. The van der Waals surface area contributed by atoms with E-state index in [0.29, 0.717) is 17.8 Å². The second-order valence-electron chi connectivity index (χ2n) is 30.4. The van der Waals surface area contributed by atoms with Crippen LogP contribution in [0.5, 0.6) is 0 Å². The molecular weight excluding hydrogens is 930 g/mol. The van der Waals surface area contributed by atoms with Crippen LogP contribution in [0.1, 0.15) is 225 Å². The van der Waals surface area contributed by atoms with Crippen LogP contribution in [0.15, 0.2) is 115 Å². The Morgan fingerprint density at radius 1 is 0.506 bits per heavy atom. The number of anilines is 7. The molecule has 5 unspecified atom stereocenters. The monoisotopic (exact) mass is 1020 g/mol. The number of fused-ring (bicyclic) bond motifs is 9. The number of hydrogen-bond acceptors (Lipinski definition) is 3. The van der Waals surface area contributed by atoms with Crippen LogP contribution < -0.4 is 31.1 Å². The van der Waals surface area contributed by atoms with Crippen molar-refractivity contribution >= 4 is 62.9 Å². The smallest absolute Gasteiger partial charge is 0.252 e. The Labute approximate surface area is 465 Å². The molecule has 0 aromatic heterocycles. The Kier molecular flexibility index (Phi) is 11.4. The maximum absolute atomic E-state index is 2.99. The summed E-state index contributed by atoms with van der Waals surface area (Å²) in [4.78, 5) is 8.63. The fourth-order valence-electron chi connectivity index (χ4n) is 17.3. The number of para-hydroxylation sites is 1. The lowest BCUT2D eigenvalue weighted by molar-refractivity contribution is 0.153. The van der Waals surface area contributed by atoms with Crippen molar-refractivity contribution in [1.29, 1.82) is 0 Å². The van der Waals surface area contributed by atoms with Gasteiger partial charge in [-0.1, -0.05) is 177 Å². The molecular formula is C73H90BN3. The fraction of sp³-hybridized carbons (Fsp3) is 0.507. The third-order valence-electron chi connectivity index (χ3n) is 22.7. The van der Waals surface area contributed by atoms with Gasteiger partial charge in [0.05, 0.1) is 5.54 Å². The van der Waals surface area contributed by atoms with E-state index in [4.69, 9.17) is 0 Å². The summed E-state index contributed by atoms with van der Waals surface area (Å²) >= 11 is 0. The highest BCUT2D eigenvalue weighted by Crippen LogP contribution is 2.62. The second kappa shape index (κ2) is 17.1. The SMILES string of the molecule is CC(C)c1cc2c3c(c1)N(C1CCC(C(C)(C)C)CC1c1ccccc1)c1cc(N4c5ccccc5C5(C)CCCCC45C)ccc1B3c1cc3c(cc1N2c1ccc2c(c1)C(C)(C)CCC2(C)C)C(C)(C)CCC3(C)C. The Balaban J connectivity index is 1.13. The van der Waals surface area contributed by atoms with Crippen molar-refractivity contribution in [2.75, 3.05) is 14.7 Å². The first-order chi connectivity index (χ1) is 36.3. The largest absolute Gasteiger partial charge is 0.338 e. The molecule has 4 heteroatoms. The summed E-state index contributed by atoms with van der Waals surface area (Å²) in [6.07, 6.45) is 13.3. The fourth-order valence-corrected chi connectivity index (χ4v) is 17.3. The van der Waals surface area contributed by atoms with Crippen molar-refractivity contribution in [3.8, 4) is 0 Å². The first-order valence-electron chi connectivity index (χ1n) is 30.5. The molecule has 13 rings (SSSR count). The molecule has 0 bridgehead atoms. The second-order valence-corrected chi connectivity index (χ2v) is 30.4. The topological polar surface area (TPSA) is 9.72 Å². The minimum Gasteiger partial charge on any atom is -0.338 e. The summed E-state index contributed by atoms with van der Waals surface area (Å²) in [5.41, 5.74) is 25.3. The van der Waals surface area contributed by atoms with E-state index in [1.54, 1.807) is 5.56 Å². The zero-order valence-corrected chi connectivity index (χ0v) is 50.0. The number of rotatable bonds is 5. The Morgan fingerprint density at radius 2 is 1.12 bits per heavy atom. The summed E-state index contributed by atoms with van der Waals surface area (Å²) in [5.74, 6) is 1.33. The van der Waals surface area contributed by atoms with Crippen molar-refractivity contribution in [3.63, 3.8) is 0 Å². The molecule has 6 aromatic carbocycles. The van der Waals surface area contributed by atoms with Crippen LogP contribution in [0, 0.1) is 11.3 Å². The highest BCUT2D eigenvalue weighted by molar-refractivity contribution is 7.00. The third-order valence-corrected chi connectivity index (χ3v) is 22.7. The van der Waals surface area contributed by atoms with E-state index in [1.165, 1.54) is 154 Å². The molecule has 5 atom stereocenters. The zero-order valence-electron chi connectivity index (χ0n) is 50.0. The molecule has 77 heavy (non-hydrogen) atoms. The van der Waals surface area contributed by atoms with Gasteiger partial charge in [-0.15, -0.1) is 0 Å². The molecule has 3 heterocycles. The minimum absolute atomic E-state index is 0.0378. The zero-order chi connectivity index (χ0) is 54.1. The molecule has 6 aromatic rings. The van der Waals surface area contributed by atoms with Crippen molar-refractivity contribution in [2.45, 2.75) is 225 Å². The number of hydrogen-bond donors (Lipinski definition) is 0. The van der Waals surface area contributed by atoms with Gasteiger partial charge in [0.15, 0.2) is 0 Å². The van der Waals surface area contributed by atoms with E-state index in [0.717, 1.165) is 6.42 Å². The summed E-state index contributed by atoms with van der Waals surface area (Å²) in [6.45, 7) is 37.7. The van der Waals surface area contributed by atoms with Gasteiger partial charge in [-0.3, -0.25) is 0 Å². The van der Waals surface area contributed by atoms with Gasteiger partial charge in [0, 0.05) is 57.2 Å². The molecule has 3 nitrogen and oxygen atoms in total. The lowest BCUT2D eigenvalue weighted by Gasteiger charge is -2.53. The average Bonchev–Trinajstić information content (AvgIpc) is 3.70. The predicted octanol–water partition coefficient (Wildman–Crippen LogP) is 18.0. The standard InChI is InChI=1S/C73H90BN3/c1-46(2)48-39-64-66-65(40-48)76(60-32-27-49(67(3,4)5)41-52(60)47-23-17-16-18-24-47)62-43-51(77-61-26-20-19-25-54(61)72(14)33-21-22-34-73(72,77)15)29-31-58(62)74(66)59-44-56-57(71(12,13)38-37-70(56,10)11)45-63(59)75(64)50-28-30-53-55(42-50)69(8,9)36-35-68(53,6)7/h16-20,23-26,28-31,39-40,42-46,49,52,60H,21-22,27,32-38,41H2,1-15H3. The molecule has 0 radical (unpaired) electrons. The molecule has 4 aliphatic carbocycles. The molecule has 2 fully saturated rings. The van der Waals surface area contributed by atoms with Gasteiger partial charge < -0.3 is 14.7 Å². The number of benzene rings is 6. The van der Waals surface area contributed by atoms with Crippen LogP contribution >= 0.6 is 0 Å². The Bertz CT molecular complexity index is 3350. The van der Waals surface area contributed by atoms with Gasteiger partial charge in [0.1, 0.15) is 0 Å². The van der Waals surface area contributed by atoms with Gasteiger partial charge in [-0.05, 0) is 207 Å². The van der Waals surface area contributed by atoms with Gasteiger partial charge in [0.25, 0.3) is 6.71 Å². The van der Waals surface area contributed by atoms with Gasteiger partial charge in [-0.2, -0.15) is 0 Å². The average molecular weight is 1020 g/mol. The molecule has 400 valence electrons. The maximum atomic E-state index is 2.99. The van der Waals surface area contributed by atoms with E-state index < -0.39 is 0 Å². The molecule has 7 aliphatic rings. The summed E-state index contributed by atoms with van der Waals surface area (Å²) in [7, 11) is 0. The summed E-state index contributed by atoms with van der Waals surface area (Å²) in [5, 5.41) is 0. The molecule has 0 saturated heterocycles. The van der Waals surface area contributed by atoms with E-state index in [9.17, 15) is 0 Å². The quantitative estimate of drug-likeness (QED) is 0.159. The molecule has 0 spiro atoms. The maximum Gasteiger partial charge on any atom is 0.252 e. The van der Waals surface area contributed by atoms with E-state index in [-0.39, 0.29) is 50.8 Å². The van der Waals surface area contributed by atoms with Gasteiger partial charge >= 0.3 is 0 Å². The van der Waals surface area contributed by atoms with Gasteiger partial charge in [-0.25, -0.2) is 0 Å². The predicted molar refractivity (Wildman–Crippen MR) is 332 cm³/mol. The molecule has 0 amide bonds. The van der Waals surface area contributed by atoms with Crippen molar-refractivity contribution in [2.24, 2.45) is 11.3 Å². The highest BCUT2D eigenvalue weighted by Gasteiger charge is 2.58. The molecule has 0 N–H and O–H groups in total. The van der Waals surface area contributed by atoms with Crippen LogP contribution in [-0.4, -0.2) is 18.3 Å². The van der Waals surface area contributed by atoms with E-state index >= 15 is 0 Å². The van der Waals surface area contributed by atoms with Crippen LogP contribution in [-0.2, 0) is 27.1 Å². The minimum atomic E-state index is -0.0378. The molecule has 2 saturated carbocycles. The van der Waals surface area contributed by atoms with Gasteiger partial charge in [0.2, 0.25) is 0 Å². The van der Waals surface area contributed by atoms with Crippen molar-refractivity contribution in [3.05, 3.63) is 154 Å². The van der Waals surface area contributed by atoms with Crippen molar-refractivity contribution < 1.29 is 0 Å². The lowest BCUT2D eigenvalue weighted by Crippen LogP contribution is -2.64. The normalized spacial score (nSPS) is 27.0.